The van der Waals surface area contributed by atoms with Gasteiger partial charge in [-0.05, 0) is 24.3 Å². The van der Waals surface area contributed by atoms with E-state index >= 15 is 0 Å². The Morgan fingerprint density at radius 1 is 1.27 bits per heavy atom. The summed E-state index contributed by atoms with van der Waals surface area (Å²) in [5.41, 5.74) is 0. The number of rotatable bonds is 4. The van der Waals surface area contributed by atoms with Crippen LogP contribution in [0.5, 0.6) is 5.75 Å². The van der Waals surface area contributed by atoms with E-state index in [-0.39, 0.29) is 11.5 Å². The van der Waals surface area contributed by atoms with E-state index in [0.717, 1.165) is 11.2 Å². The Morgan fingerprint density at radius 2 is 1.87 bits per heavy atom. The number of ether oxygens (including phenoxy) is 1. The third kappa shape index (κ3) is 4.73. The number of carbonyl (C=O) groups is 1. The van der Waals surface area contributed by atoms with E-state index in [4.69, 9.17) is 0 Å². The zero-order valence-electron chi connectivity index (χ0n) is 7.45. The third-order valence-electron chi connectivity index (χ3n) is 1.38. The molecule has 82 valence electrons. The zero-order chi connectivity index (χ0) is 11.3. The summed E-state index contributed by atoms with van der Waals surface area (Å²) in [6.07, 6.45) is -3.94. The van der Waals surface area contributed by atoms with Crippen molar-refractivity contribution >= 4 is 18.0 Å². The summed E-state index contributed by atoms with van der Waals surface area (Å²) >= 11 is 1.24. The van der Waals surface area contributed by atoms with Crippen molar-refractivity contribution in [3.63, 3.8) is 0 Å². The van der Waals surface area contributed by atoms with Crippen LogP contribution in [0.2, 0.25) is 0 Å². The van der Waals surface area contributed by atoms with Crippen molar-refractivity contribution in [2.75, 3.05) is 5.75 Å². The van der Waals surface area contributed by atoms with Crippen LogP contribution < -0.4 is 4.74 Å². The lowest BCUT2D eigenvalue weighted by atomic mass is 10.3. The second kappa shape index (κ2) is 5.06. The van der Waals surface area contributed by atoms with Crippen LogP contribution in [0.4, 0.5) is 13.2 Å². The minimum atomic E-state index is -4.67. The third-order valence-corrected chi connectivity index (χ3v) is 2.28. The normalized spacial score (nSPS) is 11.1. The van der Waals surface area contributed by atoms with Gasteiger partial charge in [0.25, 0.3) is 0 Å². The molecule has 0 saturated carbocycles. The number of carbonyl (C=O) groups excluding carboxylic acids is 1. The number of aldehydes is 1. The average molecular weight is 236 g/mol. The predicted molar refractivity (Wildman–Crippen MR) is 49.9 cm³/mol. The number of thioether (sulfide) groups is 1. The number of benzene rings is 1. The number of hydrogen-bond acceptors (Lipinski definition) is 3. The van der Waals surface area contributed by atoms with Crippen molar-refractivity contribution in [3.05, 3.63) is 24.3 Å². The van der Waals surface area contributed by atoms with E-state index in [9.17, 15) is 18.0 Å². The smallest absolute Gasteiger partial charge is 0.406 e. The molecule has 0 fully saturated rings. The standard InChI is InChI=1S/C9H7F3O2S/c10-9(11,12)14-7-1-3-8(4-2-7)15-6-5-13/h1-5H,6H2. The second-order valence-electron chi connectivity index (χ2n) is 2.50. The van der Waals surface area contributed by atoms with Gasteiger partial charge in [-0.15, -0.1) is 24.9 Å². The molecular formula is C9H7F3O2S. The van der Waals surface area contributed by atoms with Crippen LogP contribution in [0.25, 0.3) is 0 Å². The largest absolute Gasteiger partial charge is 0.573 e. The highest BCUT2D eigenvalue weighted by molar-refractivity contribution is 7.99. The lowest BCUT2D eigenvalue weighted by Gasteiger charge is -2.08. The van der Waals surface area contributed by atoms with Gasteiger partial charge < -0.3 is 9.53 Å². The van der Waals surface area contributed by atoms with Gasteiger partial charge in [0.15, 0.2) is 0 Å². The van der Waals surface area contributed by atoms with E-state index in [1.807, 2.05) is 0 Å². The lowest BCUT2D eigenvalue weighted by Crippen LogP contribution is -2.16. The van der Waals surface area contributed by atoms with E-state index in [1.54, 1.807) is 0 Å². The van der Waals surface area contributed by atoms with Crippen molar-refractivity contribution in [2.24, 2.45) is 0 Å². The van der Waals surface area contributed by atoms with Crippen LogP contribution in [0, 0.1) is 0 Å². The number of hydrogen-bond donors (Lipinski definition) is 0. The van der Waals surface area contributed by atoms with Crippen LogP contribution >= 0.6 is 11.8 Å². The molecule has 0 heterocycles. The zero-order valence-corrected chi connectivity index (χ0v) is 8.27. The second-order valence-corrected chi connectivity index (χ2v) is 3.59. The molecule has 1 aromatic rings. The van der Waals surface area contributed by atoms with Gasteiger partial charge in [0.05, 0.1) is 5.75 Å². The maximum atomic E-state index is 11.8. The summed E-state index contributed by atoms with van der Waals surface area (Å²) in [7, 11) is 0. The molecule has 0 aliphatic carbocycles. The van der Waals surface area contributed by atoms with Crippen LogP contribution in [-0.4, -0.2) is 18.4 Å². The van der Waals surface area contributed by atoms with Crippen molar-refractivity contribution in [2.45, 2.75) is 11.3 Å². The van der Waals surface area contributed by atoms with Crippen LogP contribution in [0.1, 0.15) is 0 Å². The molecule has 0 spiro atoms. The van der Waals surface area contributed by atoms with E-state index in [2.05, 4.69) is 4.74 Å². The Hall–Kier alpha value is -1.17. The first-order chi connectivity index (χ1) is 7.01. The highest BCUT2D eigenvalue weighted by Crippen LogP contribution is 2.25. The SMILES string of the molecule is O=CCSc1ccc(OC(F)(F)F)cc1. The Kier molecular flexibility index (Phi) is 4.02. The summed E-state index contributed by atoms with van der Waals surface area (Å²) in [6.45, 7) is 0. The fourth-order valence-corrected chi connectivity index (χ4v) is 1.46. The molecule has 0 radical (unpaired) electrons. The highest BCUT2D eigenvalue weighted by atomic mass is 32.2. The topological polar surface area (TPSA) is 26.3 Å². The van der Waals surface area contributed by atoms with Gasteiger partial charge in [-0.3, -0.25) is 0 Å². The first-order valence-corrected chi connectivity index (χ1v) is 4.92. The summed E-state index contributed by atoms with van der Waals surface area (Å²) in [5.74, 6) is 0.0115. The van der Waals surface area contributed by atoms with Crippen LogP contribution in [-0.2, 0) is 4.79 Å². The fourth-order valence-electron chi connectivity index (χ4n) is 0.868. The van der Waals surface area contributed by atoms with Gasteiger partial charge in [-0.2, -0.15) is 0 Å². The van der Waals surface area contributed by atoms with Crippen LogP contribution in [0.3, 0.4) is 0 Å². The van der Waals surface area contributed by atoms with Crippen molar-refractivity contribution in [1.82, 2.24) is 0 Å². The molecule has 0 aliphatic heterocycles. The maximum absolute atomic E-state index is 11.8. The monoisotopic (exact) mass is 236 g/mol. The van der Waals surface area contributed by atoms with Crippen molar-refractivity contribution in [3.8, 4) is 5.75 Å². The molecule has 1 aromatic carbocycles. The lowest BCUT2D eigenvalue weighted by molar-refractivity contribution is -0.274. The van der Waals surface area contributed by atoms with Gasteiger partial charge in [0.1, 0.15) is 12.0 Å². The van der Waals surface area contributed by atoms with Gasteiger partial charge >= 0.3 is 6.36 Å². The molecule has 0 N–H and O–H groups in total. The molecule has 0 bridgehead atoms. The van der Waals surface area contributed by atoms with E-state index < -0.39 is 6.36 Å². The van der Waals surface area contributed by atoms with E-state index in [1.165, 1.54) is 36.0 Å². The molecule has 0 amide bonds. The first-order valence-electron chi connectivity index (χ1n) is 3.93. The maximum Gasteiger partial charge on any atom is 0.573 e. The molecule has 15 heavy (non-hydrogen) atoms. The predicted octanol–water partition coefficient (Wildman–Crippen LogP) is 2.88. The number of alkyl halides is 3. The minimum Gasteiger partial charge on any atom is -0.406 e. The molecule has 0 saturated heterocycles. The summed E-state index contributed by atoms with van der Waals surface area (Å²) in [6, 6.07) is 5.35. The number of halogens is 3. The van der Waals surface area contributed by atoms with Crippen molar-refractivity contribution < 1.29 is 22.7 Å². The fraction of sp³-hybridized carbons (Fsp3) is 0.222. The molecule has 0 aliphatic rings. The molecule has 0 unspecified atom stereocenters. The molecule has 1 rings (SSSR count). The Bertz CT molecular complexity index is 321. The highest BCUT2D eigenvalue weighted by Gasteiger charge is 2.30. The summed E-state index contributed by atoms with van der Waals surface area (Å²) < 4.78 is 39.0. The first kappa shape index (κ1) is 11.9. The minimum absolute atomic E-state index is 0.266. The van der Waals surface area contributed by atoms with Crippen LogP contribution in [0.15, 0.2) is 29.2 Å². The molecular weight excluding hydrogens is 229 g/mol. The molecule has 0 aromatic heterocycles. The summed E-state index contributed by atoms with van der Waals surface area (Å²) in [4.78, 5) is 10.8. The Labute approximate surface area is 88.4 Å². The van der Waals surface area contributed by atoms with Gasteiger partial charge in [0.2, 0.25) is 0 Å². The Balaban J connectivity index is 2.60. The molecule has 6 heteroatoms. The van der Waals surface area contributed by atoms with Gasteiger partial charge in [-0.1, -0.05) is 0 Å². The average Bonchev–Trinajstić information content (AvgIpc) is 2.14. The van der Waals surface area contributed by atoms with Gasteiger partial charge in [0, 0.05) is 4.90 Å². The summed E-state index contributed by atoms with van der Waals surface area (Å²) in [5, 5.41) is 0. The Morgan fingerprint density at radius 3 is 2.33 bits per heavy atom. The van der Waals surface area contributed by atoms with E-state index in [0.29, 0.717) is 0 Å². The molecule has 0 atom stereocenters. The molecule has 2 nitrogen and oxygen atoms in total. The van der Waals surface area contributed by atoms with Gasteiger partial charge in [-0.25, -0.2) is 0 Å². The van der Waals surface area contributed by atoms with Crippen molar-refractivity contribution in [1.29, 1.82) is 0 Å². The quantitative estimate of drug-likeness (QED) is 0.594.